The molecule has 0 aliphatic rings. The first kappa shape index (κ1) is 10.7. The predicted octanol–water partition coefficient (Wildman–Crippen LogP) is 1.97. The third-order valence-corrected chi connectivity index (χ3v) is 2.74. The number of phenolic OH excluding ortho intramolecular Hbond substituents is 2. The SMILES string of the molecule is Nc1[nH]ncc1-c1c(Br)cc(O)c(O)c1F. The van der Waals surface area contributed by atoms with E-state index in [1.807, 2.05) is 0 Å². The molecular weight excluding hydrogens is 281 g/mol. The van der Waals surface area contributed by atoms with E-state index in [4.69, 9.17) is 5.73 Å². The molecular formula is C9H7BrFN3O2. The van der Waals surface area contributed by atoms with E-state index in [9.17, 15) is 14.6 Å². The quantitative estimate of drug-likeness (QED) is 0.603. The van der Waals surface area contributed by atoms with Gasteiger partial charge in [0.05, 0.1) is 6.20 Å². The summed E-state index contributed by atoms with van der Waals surface area (Å²) in [6.45, 7) is 0. The Hall–Kier alpha value is -1.76. The Morgan fingerprint density at radius 1 is 1.44 bits per heavy atom. The van der Waals surface area contributed by atoms with Gasteiger partial charge in [-0.15, -0.1) is 0 Å². The highest BCUT2D eigenvalue weighted by molar-refractivity contribution is 9.10. The molecule has 0 aliphatic heterocycles. The molecule has 0 radical (unpaired) electrons. The smallest absolute Gasteiger partial charge is 0.194 e. The standard InChI is InChI=1S/C9H7BrFN3O2/c10-4-1-5(15)8(16)7(11)6(4)3-2-13-14-9(3)12/h1-2,15-16H,(H3,12,13,14). The van der Waals surface area contributed by atoms with Gasteiger partial charge in [-0.25, -0.2) is 4.39 Å². The number of nitrogen functional groups attached to an aromatic ring is 1. The summed E-state index contributed by atoms with van der Waals surface area (Å²) in [5.74, 6) is -2.15. The molecule has 1 heterocycles. The second-order valence-electron chi connectivity index (χ2n) is 3.11. The van der Waals surface area contributed by atoms with Gasteiger partial charge in [0.25, 0.3) is 0 Å². The molecule has 1 aromatic carbocycles. The summed E-state index contributed by atoms with van der Waals surface area (Å²) in [5, 5.41) is 24.6. The maximum absolute atomic E-state index is 13.7. The Bertz CT molecular complexity index is 556. The maximum atomic E-state index is 13.7. The Morgan fingerprint density at radius 2 is 2.12 bits per heavy atom. The first-order valence-corrected chi connectivity index (χ1v) is 5.00. The highest BCUT2D eigenvalue weighted by atomic mass is 79.9. The normalized spacial score (nSPS) is 10.6. The van der Waals surface area contributed by atoms with Crippen molar-refractivity contribution in [3.05, 3.63) is 22.6 Å². The van der Waals surface area contributed by atoms with Crippen LogP contribution in [0, 0.1) is 5.82 Å². The summed E-state index contributed by atoms with van der Waals surface area (Å²) in [4.78, 5) is 0. The zero-order valence-electron chi connectivity index (χ0n) is 7.83. The molecule has 5 nitrogen and oxygen atoms in total. The number of aromatic nitrogens is 2. The number of hydrogen-bond acceptors (Lipinski definition) is 4. The van der Waals surface area contributed by atoms with E-state index >= 15 is 0 Å². The van der Waals surface area contributed by atoms with E-state index in [1.165, 1.54) is 12.3 Å². The molecule has 0 unspecified atom stereocenters. The fraction of sp³-hybridized carbons (Fsp3) is 0. The van der Waals surface area contributed by atoms with E-state index in [2.05, 4.69) is 26.1 Å². The Kier molecular flexibility index (Phi) is 2.47. The van der Waals surface area contributed by atoms with Crippen molar-refractivity contribution in [1.29, 1.82) is 0 Å². The minimum atomic E-state index is -0.958. The topological polar surface area (TPSA) is 95.2 Å². The maximum Gasteiger partial charge on any atom is 0.194 e. The molecule has 1 aromatic heterocycles. The summed E-state index contributed by atoms with van der Waals surface area (Å²) in [7, 11) is 0. The Morgan fingerprint density at radius 3 is 2.69 bits per heavy atom. The molecule has 0 aliphatic carbocycles. The van der Waals surface area contributed by atoms with Gasteiger partial charge in [-0.1, -0.05) is 0 Å². The molecule has 0 amide bonds. The van der Waals surface area contributed by atoms with Crippen LogP contribution in [0.15, 0.2) is 16.7 Å². The zero-order valence-corrected chi connectivity index (χ0v) is 9.42. The Balaban J connectivity index is 2.76. The summed E-state index contributed by atoms with van der Waals surface area (Å²) < 4.78 is 14.0. The number of aromatic amines is 1. The summed E-state index contributed by atoms with van der Waals surface area (Å²) >= 11 is 3.08. The molecule has 2 aromatic rings. The van der Waals surface area contributed by atoms with Gasteiger partial charge in [-0.3, -0.25) is 5.10 Å². The fourth-order valence-electron chi connectivity index (χ4n) is 1.34. The van der Waals surface area contributed by atoms with Crippen LogP contribution in [0.3, 0.4) is 0 Å². The van der Waals surface area contributed by atoms with Crippen molar-refractivity contribution < 1.29 is 14.6 Å². The summed E-state index contributed by atoms with van der Waals surface area (Å²) in [6.07, 6.45) is 1.33. The van der Waals surface area contributed by atoms with Gasteiger partial charge in [0, 0.05) is 15.6 Å². The minimum Gasteiger partial charge on any atom is -0.504 e. The average Bonchev–Trinajstić information content (AvgIpc) is 2.62. The van der Waals surface area contributed by atoms with Crippen molar-refractivity contribution in [2.45, 2.75) is 0 Å². The minimum absolute atomic E-state index is 0.0431. The first-order chi connectivity index (χ1) is 7.52. The number of halogens is 2. The molecule has 0 atom stereocenters. The number of H-pyrrole nitrogens is 1. The van der Waals surface area contributed by atoms with Gasteiger partial charge >= 0.3 is 0 Å². The third kappa shape index (κ3) is 1.49. The molecule has 7 heteroatoms. The number of hydrogen-bond donors (Lipinski definition) is 4. The molecule has 5 N–H and O–H groups in total. The zero-order chi connectivity index (χ0) is 11.9. The summed E-state index contributed by atoms with van der Waals surface area (Å²) in [5.41, 5.74) is 5.90. The van der Waals surface area contributed by atoms with Crippen molar-refractivity contribution in [3.63, 3.8) is 0 Å². The van der Waals surface area contributed by atoms with Crippen molar-refractivity contribution in [2.24, 2.45) is 0 Å². The number of aromatic hydroxyl groups is 2. The largest absolute Gasteiger partial charge is 0.504 e. The lowest BCUT2D eigenvalue weighted by Crippen LogP contribution is -1.92. The molecule has 0 fully saturated rings. The van der Waals surface area contributed by atoms with Gasteiger partial charge in [-0.2, -0.15) is 5.10 Å². The highest BCUT2D eigenvalue weighted by Crippen LogP contribution is 2.41. The van der Waals surface area contributed by atoms with Crippen molar-refractivity contribution in [3.8, 4) is 22.6 Å². The molecule has 0 bridgehead atoms. The van der Waals surface area contributed by atoms with E-state index in [1.54, 1.807) is 0 Å². The van der Waals surface area contributed by atoms with Crippen LogP contribution in [-0.4, -0.2) is 20.4 Å². The van der Waals surface area contributed by atoms with Gasteiger partial charge in [0.2, 0.25) is 0 Å². The molecule has 0 spiro atoms. The van der Waals surface area contributed by atoms with Crippen molar-refractivity contribution in [1.82, 2.24) is 10.2 Å². The summed E-state index contributed by atoms with van der Waals surface area (Å²) in [6, 6.07) is 1.18. The molecule has 0 saturated carbocycles. The number of nitrogens with two attached hydrogens (primary N) is 1. The number of rotatable bonds is 1. The second kappa shape index (κ2) is 3.67. The van der Waals surface area contributed by atoms with Gasteiger partial charge in [-0.05, 0) is 22.0 Å². The van der Waals surface area contributed by atoms with E-state index < -0.39 is 17.3 Å². The lowest BCUT2D eigenvalue weighted by molar-refractivity contribution is 0.379. The number of phenols is 2. The van der Waals surface area contributed by atoms with Crippen molar-refractivity contribution in [2.75, 3.05) is 5.73 Å². The van der Waals surface area contributed by atoms with Crippen LogP contribution >= 0.6 is 15.9 Å². The van der Waals surface area contributed by atoms with Crippen LogP contribution in [0.2, 0.25) is 0 Å². The fourth-order valence-corrected chi connectivity index (χ4v) is 1.94. The van der Waals surface area contributed by atoms with Gasteiger partial charge in [0.1, 0.15) is 5.82 Å². The van der Waals surface area contributed by atoms with Crippen LogP contribution in [0.1, 0.15) is 0 Å². The van der Waals surface area contributed by atoms with E-state index in [-0.39, 0.29) is 15.9 Å². The van der Waals surface area contributed by atoms with Crippen LogP contribution in [0.4, 0.5) is 10.2 Å². The molecule has 84 valence electrons. The van der Waals surface area contributed by atoms with Gasteiger partial charge < -0.3 is 15.9 Å². The lowest BCUT2D eigenvalue weighted by atomic mass is 10.1. The van der Waals surface area contributed by atoms with Crippen LogP contribution in [-0.2, 0) is 0 Å². The number of nitrogens with one attached hydrogen (secondary N) is 1. The van der Waals surface area contributed by atoms with Crippen LogP contribution in [0.5, 0.6) is 11.5 Å². The second-order valence-corrected chi connectivity index (χ2v) is 3.97. The van der Waals surface area contributed by atoms with E-state index in [0.717, 1.165) is 0 Å². The first-order valence-electron chi connectivity index (χ1n) is 4.21. The van der Waals surface area contributed by atoms with Crippen molar-refractivity contribution >= 4 is 21.7 Å². The third-order valence-electron chi connectivity index (χ3n) is 2.11. The highest BCUT2D eigenvalue weighted by Gasteiger charge is 2.20. The predicted molar refractivity (Wildman–Crippen MR) is 59.4 cm³/mol. The lowest BCUT2D eigenvalue weighted by Gasteiger charge is -2.08. The number of anilines is 1. The van der Waals surface area contributed by atoms with Crippen LogP contribution < -0.4 is 5.73 Å². The van der Waals surface area contributed by atoms with Gasteiger partial charge in [0.15, 0.2) is 17.3 Å². The molecule has 2 rings (SSSR count). The monoisotopic (exact) mass is 287 g/mol. The number of nitrogens with zero attached hydrogens (tertiary/aromatic N) is 1. The molecule has 0 saturated heterocycles. The molecule has 16 heavy (non-hydrogen) atoms. The Labute approximate surface area is 97.8 Å². The number of benzene rings is 1. The van der Waals surface area contributed by atoms with Crippen LogP contribution in [0.25, 0.3) is 11.1 Å². The van der Waals surface area contributed by atoms with E-state index in [0.29, 0.717) is 5.56 Å². The average molecular weight is 288 g/mol.